The molecule has 0 unspecified atom stereocenters. The van der Waals surface area contributed by atoms with E-state index in [-0.39, 0.29) is 5.91 Å². The summed E-state index contributed by atoms with van der Waals surface area (Å²) >= 11 is 3.39. The van der Waals surface area contributed by atoms with E-state index < -0.39 is 0 Å². The van der Waals surface area contributed by atoms with Crippen molar-refractivity contribution in [2.75, 3.05) is 18.4 Å². The van der Waals surface area contributed by atoms with Gasteiger partial charge in [-0.2, -0.15) is 5.10 Å². The maximum absolute atomic E-state index is 12.2. The molecule has 8 heteroatoms. The highest BCUT2D eigenvalue weighted by molar-refractivity contribution is 9.10. The molecule has 0 saturated carbocycles. The zero-order valence-electron chi connectivity index (χ0n) is 13.9. The number of hydrogen-bond donors (Lipinski definition) is 2. The highest BCUT2D eigenvalue weighted by Crippen LogP contribution is 2.18. The van der Waals surface area contributed by atoms with Crippen LogP contribution >= 0.6 is 15.9 Å². The third kappa shape index (κ3) is 3.96. The largest absolute Gasteiger partial charge is 0.369 e. The molecule has 1 amide bonds. The second kappa shape index (κ2) is 8.06. The molecule has 3 aromatic rings. The summed E-state index contributed by atoms with van der Waals surface area (Å²) in [6, 6.07) is 7.34. The molecule has 2 heterocycles. The quantitative estimate of drug-likeness (QED) is 0.634. The number of anilines is 1. The summed E-state index contributed by atoms with van der Waals surface area (Å²) in [5.41, 5.74) is 1.37. The Bertz CT molecular complexity index is 878. The number of aromatic nitrogens is 4. The van der Waals surface area contributed by atoms with Gasteiger partial charge in [0.1, 0.15) is 12.1 Å². The van der Waals surface area contributed by atoms with Gasteiger partial charge in [-0.3, -0.25) is 4.79 Å². The lowest BCUT2D eigenvalue weighted by Crippen LogP contribution is -2.27. The number of nitrogens with zero attached hydrogens (tertiary/aromatic N) is 4. The van der Waals surface area contributed by atoms with Crippen molar-refractivity contribution in [3.63, 3.8) is 0 Å². The van der Waals surface area contributed by atoms with Crippen LogP contribution < -0.4 is 10.6 Å². The summed E-state index contributed by atoms with van der Waals surface area (Å²) in [6.07, 6.45) is 4.29. The standard InChI is InChI=1S/C17H19BrN6O/c1-2-7-19-15-13-10-23-24(16(13)22-11-21-15)9-8-20-17(25)12-5-3-4-6-14(12)18/h3-6,10-11H,2,7-9H2,1H3,(H,20,25)(H,19,21,22). The zero-order chi connectivity index (χ0) is 17.6. The van der Waals surface area contributed by atoms with E-state index in [1.807, 2.05) is 18.2 Å². The summed E-state index contributed by atoms with van der Waals surface area (Å²) < 4.78 is 2.55. The molecule has 2 N–H and O–H groups in total. The van der Waals surface area contributed by atoms with E-state index in [4.69, 9.17) is 0 Å². The van der Waals surface area contributed by atoms with Gasteiger partial charge in [-0.1, -0.05) is 19.1 Å². The summed E-state index contributed by atoms with van der Waals surface area (Å²) in [5.74, 6) is 0.666. The summed E-state index contributed by atoms with van der Waals surface area (Å²) in [4.78, 5) is 20.8. The highest BCUT2D eigenvalue weighted by Gasteiger charge is 2.11. The molecule has 3 rings (SSSR count). The van der Waals surface area contributed by atoms with Crippen LogP contribution in [0.15, 0.2) is 41.3 Å². The first-order valence-electron chi connectivity index (χ1n) is 8.13. The van der Waals surface area contributed by atoms with E-state index in [2.05, 4.69) is 48.6 Å². The number of nitrogens with one attached hydrogen (secondary N) is 2. The number of carbonyl (C=O) groups is 1. The van der Waals surface area contributed by atoms with Crippen molar-refractivity contribution in [2.45, 2.75) is 19.9 Å². The molecule has 130 valence electrons. The first-order valence-corrected chi connectivity index (χ1v) is 8.93. The first-order chi connectivity index (χ1) is 12.2. The lowest BCUT2D eigenvalue weighted by Gasteiger charge is -2.08. The van der Waals surface area contributed by atoms with Crippen molar-refractivity contribution in [2.24, 2.45) is 0 Å². The fraction of sp³-hybridized carbons (Fsp3) is 0.294. The molecule has 0 aliphatic rings. The van der Waals surface area contributed by atoms with E-state index in [1.54, 1.807) is 16.9 Å². The van der Waals surface area contributed by atoms with Crippen molar-refractivity contribution in [3.05, 3.63) is 46.8 Å². The van der Waals surface area contributed by atoms with Crippen LogP contribution in [0.25, 0.3) is 11.0 Å². The number of hydrogen-bond acceptors (Lipinski definition) is 5. The second-order valence-corrected chi connectivity index (χ2v) is 6.34. The Morgan fingerprint density at radius 2 is 2.08 bits per heavy atom. The van der Waals surface area contributed by atoms with Gasteiger partial charge in [-0.25, -0.2) is 14.6 Å². The number of carbonyl (C=O) groups excluding carboxylic acids is 1. The topological polar surface area (TPSA) is 84.7 Å². The molecule has 1 aromatic carbocycles. The first kappa shape index (κ1) is 17.3. The van der Waals surface area contributed by atoms with E-state index in [1.165, 1.54) is 6.33 Å². The van der Waals surface area contributed by atoms with E-state index >= 15 is 0 Å². The lowest BCUT2D eigenvalue weighted by molar-refractivity contribution is 0.0951. The van der Waals surface area contributed by atoms with Gasteiger partial charge < -0.3 is 10.6 Å². The fourth-order valence-electron chi connectivity index (χ4n) is 2.46. The average Bonchev–Trinajstić information content (AvgIpc) is 3.04. The molecule has 0 aliphatic heterocycles. The van der Waals surface area contributed by atoms with Crippen LogP contribution in [0.3, 0.4) is 0 Å². The Morgan fingerprint density at radius 1 is 1.24 bits per heavy atom. The molecule has 0 radical (unpaired) electrons. The predicted octanol–water partition coefficient (Wildman–Crippen LogP) is 2.84. The minimum Gasteiger partial charge on any atom is -0.369 e. The fourth-order valence-corrected chi connectivity index (χ4v) is 2.92. The molecule has 2 aromatic heterocycles. The smallest absolute Gasteiger partial charge is 0.252 e. The van der Waals surface area contributed by atoms with Gasteiger partial charge >= 0.3 is 0 Å². The summed E-state index contributed by atoms with van der Waals surface area (Å²) in [5, 5.41) is 11.4. The van der Waals surface area contributed by atoms with E-state index in [9.17, 15) is 4.79 Å². The predicted molar refractivity (Wildman–Crippen MR) is 101 cm³/mol. The lowest BCUT2D eigenvalue weighted by atomic mass is 10.2. The number of halogens is 1. The monoisotopic (exact) mass is 402 g/mol. The Balaban J connectivity index is 1.66. The van der Waals surface area contributed by atoms with Crippen molar-refractivity contribution in [1.82, 2.24) is 25.1 Å². The molecule has 0 atom stereocenters. The Kier molecular flexibility index (Phi) is 5.60. The van der Waals surface area contributed by atoms with Crippen LogP contribution in [-0.2, 0) is 6.54 Å². The van der Waals surface area contributed by atoms with Crippen molar-refractivity contribution in [3.8, 4) is 0 Å². The van der Waals surface area contributed by atoms with Crippen LogP contribution in [0.2, 0.25) is 0 Å². The molecular weight excluding hydrogens is 384 g/mol. The van der Waals surface area contributed by atoms with Crippen LogP contribution in [0.4, 0.5) is 5.82 Å². The van der Waals surface area contributed by atoms with Crippen molar-refractivity contribution < 1.29 is 4.79 Å². The van der Waals surface area contributed by atoms with Gasteiger partial charge in [0.25, 0.3) is 5.91 Å². The van der Waals surface area contributed by atoms with Gasteiger partial charge in [0.15, 0.2) is 5.65 Å². The second-order valence-electron chi connectivity index (χ2n) is 5.49. The average molecular weight is 403 g/mol. The normalized spacial score (nSPS) is 10.8. The SMILES string of the molecule is CCCNc1ncnc2c1cnn2CCNC(=O)c1ccccc1Br. The van der Waals surface area contributed by atoms with Gasteiger partial charge in [0.2, 0.25) is 0 Å². The number of amides is 1. The van der Waals surface area contributed by atoms with Crippen LogP contribution in [-0.4, -0.2) is 38.7 Å². The molecule has 25 heavy (non-hydrogen) atoms. The molecule has 0 fully saturated rings. The molecular formula is C17H19BrN6O. The third-order valence-corrected chi connectivity index (χ3v) is 4.40. The van der Waals surface area contributed by atoms with Crippen LogP contribution in [0.5, 0.6) is 0 Å². The maximum Gasteiger partial charge on any atom is 0.252 e. The number of fused-ring (bicyclic) bond motifs is 1. The molecule has 0 aliphatic carbocycles. The Morgan fingerprint density at radius 3 is 2.88 bits per heavy atom. The van der Waals surface area contributed by atoms with Gasteiger partial charge in [-0.05, 0) is 34.5 Å². The summed E-state index contributed by atoms with van der Waals surface area (Å²) in [7, 11) is 0. The van der Waals surface area contributed by atoms with Gasteiger partial charge in [0, 0.05) is 17.6 Å². The third-order valence-electron chi connectivity index (χ3n) is 3.70. The minimum atomic E-state index is -0.121. The van der Waals surface area contributed by atoms with E-state index in [0.717, 1.165) is 34.3 Å². The van der Waals surface area contributed by atoms with Gasteiger partial charge in [0.05, 0.1) is 23.7 Å². The molecule has 0 spiro atoms. The van der Waals surface area contributed by atoms with E-state index in [0.29, 0.717) is 18.7 Å². The van der Waals surface area contributed by atoms with Crippen molar-refractivity contribution in [1.29, 1.82) is 0 Å². The molecule has 0 bridgehead atoms. The van der Waals surface area contributed by atoms with Gasteiger partial charge in [-0.15, -0.1) is 0 Å². The van der Waals surface area contributed by atoms with Crippen molar-refractivity contribution >= 4 is 38.7 Å². The highest BCUT2D eigenvalue weighted by atomic mass is 79.9. The zero-order valence-corrected chi connectivity index (χ0v) is 15.5. The van der Waals surface area contributed by atoms with Crippen LogP contribution in [0.1, 0.15) is 23.7 Å². The maximum atomic E-state index is 12.2. The Hall–Kier alpha value is -2.48. The molecule has 7 nitrogen and oxygen atoms in total. The summed E-state index contributed by atoms with van der Waals surface area (Å²) in [6.45, 7) is 3.94. The molecule has 0 saturated heterocycles. The minimum absolute atomic E-state index is 0.121. The number of rotatable bonds is 7. The number of benzene rings is 1. The van der Waals surface area contributed by atoms with Crippen LogP contribution in [0, 0.1) is 0 Å². The Labute approximate surface area is 154 Å².